The summed E-state index contributed by atoms with van der Waals surface area (Å²) >= 11 is 0. The summed E-state index contributed by atoms with van der Waals surface area (Å²) in [5.41, 5.74) is 3.03. The molecule has 0 bridgehead atoms. The van der Waals surface area contributed by atoms with Crippen molar-refractivity contribution >= 4 is 0 Å². The summed E-state index contributed by atoms with van der Waals surface area (Å²) in [4.78, 5) is 30.6. The van der Waals surface area contributed by atoms with Gasteiger partial charge in [-0.3, -0.25) is 14.7 Å². The molecule has 3 heterocycles. The first-order chi connectivity index (χ1) is 13.7. The number of aromatic amines is 1. The molecule has 0 saturated heterocycles. The molecule has 1 aliphatic heterocycles. The number of aromatic nitrogens is 4. The van der Waals surface area contributed by atoms with Gasteiger partial charge in [-0.1, -0.05) is 0 Å². The van der Waals surface area contributed by atoms with Crippen molar-refractivity contribution in [3.05, 3.63) is 64.0 Å². The van der Waals surface area contributed by atoms with Gasteiger partial charge in [-0.15, -0.1) is 0 Å². The standard InChI is InChI=1S/C20H21N5O3/c1-27-14-7-13(8-15(9-14)28-2)11-25-6-3-17-16(12-25)20(26)24-19(23-17)18-10-21-4-5-22-18/h4-5,7-10H,3,6,11-12H2,1-2H3,(H,23,24,26). The molecule has 0 spiro atoms. The van der Waals surface area contributed by atoms with Crippen LogP contribution in [0, 0.1) is 0 Å². The van der Waals surface area contributed by atoms with E-state index in [0.717, 1.165) is 29.3 Å². The highest BCUT2D eigenvalue weighted by Crippen LogP contribution is 2.25. The van der Waals surface area contributed by atoms with Crippen LogP contribution < -0.4 is 15.0 Å². The molecule has 0 fully saturated rings. The average molecular weight is 379 g/mol. The number of ether oxygens (including phenoxy) is 2. The molecule has 0 unspecified atom stereocenters. The Balaban J connectivity index is 1.56. The van der Waals surface area contributed by atoms with Gasteiger partial charge in [0.25, 0.3) is 5.56 Å². The predicted octanol–water partition coefficient (Wildman–Crippen LogP) is 1.80. The van der Waals surface area contributed by atoms with Gasteiger partial charge in [0.05, 0.1) is 31.7 Å². The van der Waals surface area contributed by atoms with Crippen LogP contribution in [0.2, 0.25) is 0 Å². The molecule has 144 valence electrons. The minimum atomic E-state index is -0.126. The summed E-state index contributed by atoms with van der Waals surface area (Å²) in [7, 11) is 3.27. The van der Waals surface area contributed by atoms with Gasteiger partial charge in [-0.25, -0.2) is 9.97 Å². The van der Waals surface area contributed by atoms with Crippen LogP contribution >= 0.6 is 0 Å². The number of H-pyrrole nitrogens is 1. The summed E-state index contributed by atoms with van der Waals surface area (Å²) in [6.45, 7) is 2.04. The Morgan fingerprint density at radius 2 is 1.93 bits per heavy atom. The quantitative estimate of drug-likeness (QED) is 0.722. The summed E-state index contributed by atoms with van der Waals surface area (Å²) in [5.74, 6) is 1.96. The zero-order valence-electron chi connectivity index (χ0n) is 15.8. The zero-order chi connectivity index (χ0) is 19.5. The molecule has 1 N–H and O–H groups in total. The third kappa shape index (κ3) is 3.72. The maximum absolute atomic E-state index is 12.6. The Labute approximate surface area is 162 Å². The van der Waals surface area contributed by atoms with Crippen molar-refractivity contribution in [1.29, 1.82) is 0 Å². The maximum atomic E-state index is 12.6. The van der Waals surface area contributed by atoms with Crippen molar-refractivity contribution in [2.45, 2.75) is 19.5 Å². The van der Waals surface area contributed by atoms with Crippen molar-refractivity contribution in [2.24, 2.45) is 0 Å². The minimum absolute atomic E-state index is 0.126. The second kappa shape index (κ2) is 7.77. The first-order valence-electron chi connectivity index (χ1n) is 8.99. The SMILES string of the molecule is COc1cc(CN2CCc3nc(-c4cnccn4)[nH]c(=O)c3C2)cc(OC)c1. The van der Waals surface area contributed by atoms with Gasteiger partial charge < -0.3 is 14.5 Å². The Morgan fingerprint density at radius 3 is 2.61 bits per heavy atom. The molecule has 0 atom stereocenters. The molecule has 4 rings (SSSR count). The largest absolute Gasteiger partial charge is 0.497 e. The Bertz CT molecular complexity index is 1010. The average Bonchev–Trinajstić information content (AvgIpc) is 2.74. The second-order valence-corrected chi connectivity index (χ2v) is 6.61. The highest BCUT2D eigenvalue weighted by atomic mass is 16.5. The smallest absolute Gasteiger partial charge is 0.255 e. The lowest BCUT2D eigenvalue weighted by Crippen LogP contribution is -2.35. The van der Waals surface area contributed by atoms with Crippen LogP contribution in [0.4, 0.5) is 0 Å². The number of rotatable bonds is 5. The second-order valence-electron chi connectivity index (χ2n) is 6.61. The highest BCUT2D eigenvalue weighted by Gasteiger charge is 2.22. The van der Waals surface area contributed by atoms with Crippen molar-refractivity contribution in [3.63, 3.8) is 0 Å². The van der Waals surface area contributed by atoms with Crippen LogP contribution in [0.25, 0.3) is 11.5 Å². The first kappa shape index (κ1) is 18.1. The fraction of sp³-hybridized carbons (Fsp3) is 0.300. The summed E-state index contributed by atoms with van der Waals surface area (Å²) in [6, 6.07) is 5.81. The number of hydrogen-bond donors (Lipinski definition) is 1. The van der Waals surface area contributed by atoms with Crippen molar-refractivity contribution < 1.29 is 9.47 Å². The minimum Gasteiger partial charge on any atom is -0.497 e. The number of methoxy groups -OCH3 is 2. The lowest BCUT2D eigenvalue weighted by molar-refractivity contribution is 0.241. The molecule has 0 amide bonds. The summed E-state index contributed by atoms with van der Waals surface area (Å²) < 4.78 is 10.7. The van der Waals surface area contributed by atoms with Gasteiger partial charge in [0.2, 0.25) is 0 Å². The first-order valence-corrected chi connectivity index (χ1v) is 8.99. The molecule has 0 saturated carbocycles. The third-order valence-electron chi connectivity index (χ3n) is 4.77. The molecule has 2 aromatic heterocycles. The monoisotopic (exact) mass is 379 g/mol. The van der Waals surface area contributed by atoms with E-state index in [-0.39, 0.29) is 5.56 Å². The Hall–Kier alpha value is -3.26. The van der Waals surface area contributed by atoms with E-state index in [1.165, 1.54) is 0 Å². The highest BCUT2D eigenvalue weighted by molar-refractivity contribution is 5.47. The normalized spacial score (nSPS) is 13.8. The molecule has 1 aromatic carbocycles. The van der Waals surface area contributed by atoms with E-state index in [4.69, 9.17) is 9.47 Å². The van der Waals surface area contributed by atoms with Crippen LogP contribution in [0.15, 0.2) is 41.6 Å². The van der Waals surface area contributed by atoms with E-state index in [1.807, 2.05) is 18.2 Å². The Morgan fingerprint density at radius 1 is 1.14 bits per heavy atom. The van der Waals surface area contributed by atoms with Gasteiger partial charge in [-0.2, -0.15) is 0 Å². The molecule has 0 aliphatic carbocycles. The maximum Gasteiger partial charge on any atom is 0.255 e. The fourth-order valence-corrected chi connectivity index (χ4v) is 3.37. The number of nitrogens with zero attached hydrogens (tertiary/aromatic N) is 4. The number of fused-ring (bicyclic) bond motifs is 1. The molecular formula is C20H21N5O3. The number of nitrogens with one attached hydrogen (secondary N) is 1. The van der Waals surface area contributed by atoms with Crippen LogP contribution in [0.5, 0.6) is 11.5 Å². The predicted molar refractivity (Wildman–Crippen MR) is 103 cm³/mol. The van der Waals surface area contributed by atoms with Crippen molar-refractivity contribution in [1.82, 2.24) is 24.8 Å². The molecule has 28 heavy (non-hydrogen) atoms. The third-order valence-corrected chi connectivity index (χ3v) is 4.77. The number of benzene rings is 1. The lowest BCUT2D eigenvalue weighted by Gasteiger charge is -2.28. The summed E-state index contributed by atoms with van der Waals surface area (Å²) in [5, 5.41) is 0. The van der Waals surface area contributed by atoms with Crippen LogP contribution in [-0.4, -0.2) is 45.6 Å². The zero-order valence-corrected chi connectivity index (χ0v) is 15.8. The van der Waals surface area contributed by atoms with Crippen molar-refractivity contribution in [3.8, 4) is 23.0 Å². The van der Waals surface area contributed by atoms with Gasteiger partial charge >= 0.3 is 0 Å². The van der Waals surface area contributed by atoms with E-state index < -0.39 is 0 Å². The molecule has 8 nitrogen and oxygen atoms in total. The molecule has 3 aromatic rings. The van der Waals surface area contributed by atoms with Crippen LogP contribution in [0.1, 0.15) is 16.8 Å². The van der Waals surface area contributed by atoms with Crippen molar-refractivity contribution in [2.75, 3.05) is 20.8 Å². The fourth-order valence-electron chi connectivity index (χ4n) is 3.37. The topological polar surface area (TPSA) is 93.2 Å². The van der Waals surface area contributed by atoms with Crippen LogP contribution in [-0.2, 0) is 19.5 Å². The van der Waals surface area contributed by atoms with Crippen LogP contribution in [0.3, 0.4) is 0 Å². The number of hydrogen-bond acceptors (Lipinski definition) is 7. The molecule has 8 heteroatoms. The summed E-state index contributed by atoms with van der Waals surface area (Å²) in [6.07, 6.45) is 5.47. The molecule has 0 radical (unpaired) electrons. The van der Waals surface area contributed by atoms with Gasteiger partial charge in [0, 0.05) is 44.5 Å². The van der Waals surface area contributed by atoms with E-state index in [0.29, 0.717) is 36.6 Å². The lowest BCUT2D eigenvalue weighted by atomic mass is 10.1. The van der Waals surface area contributed by atoms with E-state index in [1.54, 1.807) is 32.8 Å². The van der Waals surface area contributed by atoms with Gasteiger partial charge in [0.15, 0.2) is 5.82 Å². The Kier molecular flexibility index (Phi) is 5.03. The van der Waals surface area contributed by atoms with E-state index in [2.05, 4.69) is 24.8 Å². The van der Waals surface area contributed by atoms with Gasteiger partial charge in [-0.05, 0) is 17.7 Å². The van der Waals surface area contributed by atoms with E-state index in [9.17, 15) is 4.79 Å². The van der Waals surface area contributed by atoms with E-state index >= 15 is 0 Å². The molecular weight excluding hydrogens is 358 g/mol. The molecule has 1 aliphatic rings. The van der Waals surface area contributed by atoms with Gasteiger partial charge in [0.1, 0.15) is 17.2 Å².